The minimum Gasteiger partial charge on any atom is -0.493 e. The summed E-state index contributed by atoms with van der Waals surface area (Å²) in [5, 5.41) is 0. The number of ether oxygens (including phenoxy) is 1. The van der Waals surface area contributed by atoms with E-state index < -0.39 is 6.17 Å². The molecule has 3 nitrogen and oxygen atoms in total. The molecule has 2 aromatic rings. The number of halogens is 1. The Morgan fingerprint density at radius 1 is 0.750 bits per heavy atom. The minimum atomic E-state index is -0.765. The van der Waals surface area contributed by atoms with Crippen LogP contribution in [0.25, 0.3) is 11.4 Å². The van der Waals surface area contributed by atoms with Gasteiger partial charge >= 0.3 is 0 Å². The van der Waals surface area contributed by atoms with Crippen molar-refractivity contribution in [3.05, 3.63) is 42.2 Å². The van der Waals surface area contributed by atoms with E-state index >= 15 is 0 Å². The van der Waals surface area contributed by atoms with Crippen molar-refractivity contribution in [2.24, 2.45) is 0 Å². The van der Waals surface area contributed by atoms with Gasteiger partial charge in [0.2, 0.25) is 0 Å². The third kappa shape index (κ3) is 11.1. The maximum Gasteiger partial charge on any atom is 0.159 e. The van der Waals surface area contributed by atoms with Gasteiger partial charge in [0.05, 0.1) is 6.61 Å². The summed E-state index contributed by atoms with van der Waals surface area (Å²) >= 11 is 0. The smallest absolute Gasteiger partial charge is 0.159 e. The fraction of sp³-hybridized carbons (Fsp3) is 0.643. The lowest BCUT2D eigenvalue weighted by Crippen LogP contribution is -2.07. The van der Waals surface area contributed by atoms with Gasteiger partial charge in [0.15, 0.2) is 5.82 Å². The van der Waals surface area contributed by atoms with Crippen LogP contribution in [0.15, 0.2) is 36.7 Å². The van der Waals surface area contributed by atoms with Crippen LogP contribution in [-0.2, 0) is 6.42 Å². The molecule has 1 unspecified atom stereocenters. The number of rotatable bonds is 18. The van der Waals surface area contributed by atoms with Crippen molar-refractivity contribution in [1.29, 1.82) is 0 Å². The third-order valence-electron chi connectivity index (χ3n) is 5.96. The quantitative estimate of drug-likeness (QED) is 0.217. The van der Waals surface area contributed by atoms with Gasteiger partial charge in [-0.15, -0.1) is 0 Å². The molecule has 0 aliphatic heterocycles. The SMILES string of the molecule is CCCCCCCCCCc1cnc(-c2ccc(OCCC(F)CCCCC)cc2)nc1. The molecule has 178 valence electrons. The van der Waals surface area contributed by atoms with Crippen LogP contribution in [0.1, 0.15) is 103 Å². The van der Waals surface area contributed by atoms with E-state index in [9.17, 15) is 4.39 Å². The molecule has 0 radical (unpaired) electrons. The second kappa shape index (κ2) is 16.6. The Morgan fingerprint density at radius 2 is 1.34 bits per heavy atom. The van der Waals surface area contributed by atoms with Crippen LogP contribution in [-0.4, -0.2) is 22.7 Å². The molecule has 0 bridgehead atoms. The van der Waals surface area contributed by atoms with Crippen LogP contribution in [0.3, 0.4) is 0 Å². The van der Waals surface area contributed by atoms with E-state index in [0.29, 0.717) is 19.4 Å². The number of aromatic nitrogens is 2. The van der Waals surface area contributed by atoms with Crippen molar-refractivity contribution < 1.29 is 9.13 Å². The van der Waals surface area contributed by atoms with Crippen LogP contribution in [0.5, 0.6) is 5.75 Å². The van der Waals surface area contributed by atoms with E-state index in [1.165, 1.54) is 56.9 Å². The zero-order valence-electron chi connectivity index (χ0n) is 20.3. The first kappa shape index (κ1) is 26.3. The summed E-state index contributed by atoms with van der Waals surface area (Å²) in [6, 6.07) is 7.77. The van der Waals surface area contributed by atoms with Crippen LogP contribution < -0.4 is 4.74 Å². The molecule has 32 heavy (non-hydrogen) atoms. The standard InChI is InChI=1S/C28H43FN2O/c1-3-5-7-8-9-10-11-13-14-24-22-30-28(31-23-24)25-16-18-27(19-17-25)32-21-20-26(29)15-12-6-4-2/h16-19,22-23,26H,3-15,20-21H2,1-2H3. The summed E-state index contributed by atoms with van der Waals surface area (Å²) in [5.74, 6) is 1.50. The lowest BCUT2D eigenvalue weighted by Gasteiger charge is -2.10. The summed E-state index contributed by atoms with van der Waals surface area (Å²) < 4.78 is 19.5. The molecule has 1 aromatic heterocycles. The van der Waals surface area contributed by atoms with E-state index in [2.05, 4.69) is 23.8 Å². The number of aryl methyl sites for hydroxylation is 1. The van der Waals surface area contributed by atoms with Crippen LogP contribution in [0, 0.1) is 0 Å². The Balaban J connectivity index is 1.66. The van der Waals surface area contributed by atoms with Crippen molar-refractivity contribution in [3.8, 4) is 17.1 Å². The second-order valence-corrected chi connectivity index (χ2v) is 8.89. The number of benzene rings is 1. The first-order valence-corrected chi connectivity index (χ1v) is 12.9. The number of hydrogen-bond acceptors (Lipinski definition) is 3. The molecule has 0 spiro atoms. The van der Waals surface area contributed by atoms with Crippen LogP contribution in [0.2, 0.25) is 0 Å². The zero-order valence-corrected chi connectivity index (χ0v) is 20.3. The van der Waals surface area contributed by atoms with Gasteiger partial charge in [0.1, 0.15) is 11.9 Å². The summed E-state index contributed by atoms with van der Waals surface area (Å²) in [4.78, 5) is 9.09. The van der Waals surface area contributed by atoms with Gasteiger partial charge in [-0.3, -0.25) is 0 Å². The van der Waals surface area contributed by atoms with Gasteiger partial charge < -0.3 is 4.74 Å². The molecule has 0 aliphatic rings. The normalized spacial score (nSPS) is 12.1. The highest BCUT2D eigenvalue weighted by atomic mass is 19.1. The zero-order chi connectivity index (χ0) is 22.9. The molecule has 2 rings (SSSR count). The van der Waals surface area contributed by atoms with E-state index in [1.807, 2.05) is 36.7 Å². The van der Waals surface area contributed by atoms with E-state index in [-0.39, 0.29) is 0 Å². The molecule has 0 saturated carbocycles. The van der Waals surface area contributed by atoms with Gasteiger partial charge in [-0.2, -0.15) is 0 Å². The summed E-state index contributed by atoms with van der Waals surface area (Å²) in [6.45, 7) is 4.81. The highest BCUT2D eigenvalue weighted by Gasteiger charge is 2.07. The van der Waals surface area contributed by atoms with Crippen molar-refractivity contribution in [3.63, 3.8) is 0 Å². The molecular formula is C28H43FN2O. The predicted octanol–water partition coefficient (Wildman–Crippen LogP) is 8.51. The van der Waals surface area contributed by atoms with Crippen molar-refractivity contribution in [2.75, 3.05) is 6.61 Å². The lowest BCUT2D eigenvalue weighted by molar-refractivity contribution is 0.223. The van der Waals surface area contributed by atoms with Crippen LogP contribution >= 0.6 is 0 Å². The minimum absolute atomic E-state index is 0.413. The van der Waals surface area contributed by atoms with Gasteiger partial charge in [0, 0.05) is 24.4 Å². The molecule has 0 fully saturated rings. The Hall–Kier alpha value is -1.97. The average molecular weight is 443 g/mol. The van der Waals surface area contributed by atoms with Crippen molar-refractivity contribution in [1.82, 2.24) is 9.97 Å². The first-order chi connectivity index (χ1) is 15.7. The molecule has 1 aromatic carbocycles. The monoisotopic (exact) mass is 442 g/mol. The number of alkyl halides is 1. The number of hydrogen-bond donors (Lipinski definition) is 0. The highest BCUT2D eigenvalue weighted by Crippen LogP contribution is 2.20. The predicted molar refractivity (Wildman–Crippen MR) is 133 cm³/mol. The molecule has 0 aliphatic carbocycles. The van der Waals surface area contributed by atoms with Crippen molar-refractivity contribution in [2.45, 2.75) is 110 Å². The average Bonchev–Trinajstić information content (AvgIpc) is 2.82. The molecule has 0 amide bonds. The molecule has 1 atom stereocenters. The van der Waals surface area contributed by atoms with Gasteiger partial charge in [0.25, 0.3) is 0 Å². The van der Waals surface area contributed by atoms with Gasteiger partial charge in [-0.1, -0.05) is 78.1 Å². The van der Waals surface area contributed by atoms with E-state index in [4.69, 9.17) is 4.74 Å². The summed E-state index contributed by atoms with van der Waals surface area (Å²) in [6.07, 6.45) is 19.1. The summed E-state index contributed by atoms with van der Waals surface area (Å²) in [5.41, 5.74) is 2.18. The highest BCUT2D eigenvalue weighted by molar-refractivity contribution is 5.55. The topological polar surface area (TPSA) is 35.0 Å². The Morgan fingerprint density at radius 3 is 2.00 bits per heavy atom. The van der Waals surface area contributed by atoms with Crippen LogP contribution in [0.4, 0.5) is 4.39 Å². The second-order valence-electron chi connectivity index (χ2n) is 8.89. The van der Waals surface area contributed by atoms with Crippen molar-refractivity contribution >= 4 is 0 Å². The molecule has 1 heterocycles. The summed E-state index contributed by atoms with van der Waals surface area (Å²) in [7, 11) is 0. The Bertz CT molecular complexity index is 702. The van der Waals surface area contributed by atoms with Gasteiger partial charge in [-0.05, 0) is 49.1 Å². The first-order valence-electron chi connectivity index (χ1n) is 12.9. The number of unbranched alkanes of at least 4 members (excludes halogenated alkanes) is 9. The maximum absolute atomic E-state index is 13.8. The third-order valence-corrected chi connectivity index (χ3v) is 5.96. The molecule has 4 heteroatoms. The Kier molecular flexibility index (Phi) is 13.7. The van der Waals surface area contributed by atoms with E-state index in [1.54, 1.807) is 0 Å². The van der Waals surface area contributed by atoms with E-state index in [0.717, 1.165) is 42.8 Å². The fourth-order valence-corrected chi connectivity index (χ4v) is 3.86. The Labute approximate surface area is 195 Å². The lowest BCUT2D eigenvalue weighted by atomic mass is 10.1. The fourth-order valence-electron chi connectivity index (χ4n) is 3.86. The molecular weight excluding hydrogens is 399 g/mol. The maximum atomic E-state index is 13.8. The van der Waals surface area contributed by atoms with Gasteiger partial charge in [-0.25, -0.2) is 14.4 Å². The number of nitrogens with zero attached hydrogens (tertiary/aromatic N) is 2. The largest absolute Gasteiger partial charge is 0.493 e. The molecule has 0 N–H and O–H groups in total. The molecule has 0 saturated heterocycles.